The summed E-state index contributed by atoms with van der Waals surface area (Å²) in [5.41, 5.74) is -0.794. The lowest BCUT2D eigenvalue weighted by molar-refractivity contribution is -0.144. The smallest absolute Gasteiger partial charge is 0.303 e. The Morgan fingerprint density at radius 1 is 1.04 bits per heavy atom. The van der Waals surface area contributed by atoms with Crippen LogP contribution in [0.1, 0.15) is 74.1 Å². The average molecular weight is 327 g/mol. The fourth-order valence-corrected chi connectivity index (χ4v) is 3.08. The van der Waals surface area contributed by atoms with Gasteiger partial charge in [0.2, 0.25) is 5.78 Å². The van der Waals surface area contributed by atoms with Crippen molar-refractivity contribution >= 4 is 17.7 Å². The molecule has 0 aliphatic heterocycles. The summed E-state index contributed by atoms with van der Waals surface area (Å²) in [6, 6.07) is -0.284. The number of rotatable bonds is 9. The van der Waals surface area contributed by atoms with E-state index in [-0.39, 0.29) is 17.9 Å². The van der Waals surface area contributed by atoms with Crippen LogP contribution in [0.3, 0.4) is 0 Å². The molecule has 0 aliphatic rings. The Morgan fingerprint density at radius 2 is 1.57 bits per heavy atom. The Morgan fingerprint density at radius 3 is 1.96 bits per heavy atom. The van der Waals surface area contributed by atoms with Crippen LogP contribution in [0.25, 0.3) is 0 Å². The van der Waals surface area contributed by atoms with Crippen LogP contribution >= 0.6 is 0 Å². The molecule has 1 atom stereocenters. The Balaban J connectivity index is 4.88. The number of carbonyl (C=O) groups is 3. The molecule has 1 amide bonds. The van der Waals surface area contributed by atoms with Crippen molar-refractivity contribution in [2.45, 2.75) is 80.2 Å². The molecule has 134 valence electrons. The molecular formula is C18H33NO4. The highest BCUT2D eigenvalue weighted by molar-refractivity contribution is 6.38. The van der Waals surface area contributed by atoms with Crippen molar-refractivity contribution in [1.29, 1.82) is 0 Å². The van der Waals surface area contributed by atoms with E-state index in [2.05, 4.69) is 5.32 Å². The van der Waals surface area contributed by atoms with E-state index in [0.29, 0.717) is 25.2 Å². The molecule has 0 heterocycles. The van der Waals surface area contributed by atoms with Crippen molar-refractivity contribution in [3.63, 3.8) is 0 Å². The van der Waals surface area contributed by atoms with E-state index in [1.54, 1.807) is 13.8 Å². The van der Waals surface area contributed by atoms with Gasteiger partial charge in [-0.3, -0.25) is 14.4 Å². The normalized spacial score (nSPS) is 13.7. The van der Waals surface area contributed by atoms with Gasteiger partial charge in [-0.05, 0) is 30.6 Å². The molecule has 0 saturated heterocycles. The number of amides is 1. The van der Waals surface area contributed by atoms with Crippen molar-refractivity contribution in [3.05, 3.63) is 0 Å². The van der Waals surface area contributed by atoms with Crippen LogP contribution in [0.2, 0.25) is 0 Å². The number of carboxylic acid groups (broad SMARTS) is 1. The molecule has 23 heavy (non-hydrogen) atoms. The van der Waals surface area contributed by atoms with Crippen molar-refractivity contribution in [1.82, 2.24) is 5.32 Å². The molecule has 0 radical (unpaired) electrons. The van der Waals surface area contributed by atoms with Crippen molar-refractivity contribution in [2.75, 3.05) is 0 Å². The molecule has 0 spiro atoms. The second kappa shape index (κ2) is 8.46. The van der Waals surface area contributed by atoms with Crippen molar-refractivity contribution in [3.8, 4) is 0 Å². The van der Waals surface area contributed by atoms with E-state index in [1.165, 1.54) is 0 Å². The lowest BCUT2D eigenvalue weighted by Gasteiger charge is -2.31. The van der Waals surface area contributed by atoms with Crippen LogP contribution in [-0.4, -0.2) is 28.8 Å². The number of hydrogen-bond donors (Lipinski definition) is 2. The van der Waals surface area contributed by atoms with Gasteiger partial charge in [0.05, 0.1) is 0 Å². The molecule has 0 rings (SSSR count). The first kappa shape index (κ1) is 21.6. The van der Waals surface area contributed by atoms with Gasteiger partial charge >= 0.3 is 5.97 Å². The maximum Gasteiger partial charge on any atom is 0.303 e. The monoisotopic (exact) mass is 327 g/mol. The number of hydrogen-bond acceptors (Lipinski definition) is 3. The first-order chi connectivity index (χ1) is 10.2. The SMILES string of the molecule is CC(C)CC(CCC(=O)O)NC(=O)C(=O)C(C)(C)CC(C)(C)C. The fraction of sp³-hybridized carbons (Fsp3) is 0.833. The summed E-state index contributed by atoms with van der Waals surface area (Å²) >= 11 is 0. The van der Waals surface area contributed by atoms with Gasteiger partial charge in [-0.15, -0.1) is 0 Å². The third kappa shape index (κ3) is 9.36. The van der Waals surface area contributed by atoms with E-state index < -0.39 is 23.1 Å². The Labute approximate surface area is 140 Å². The van der Waals surface area contributed by atoms with E-state index >= 15 is 0 Å². The molecule has 0 fully saturated rings. The average Bonchev–Trinajstić information content (AvgIpc) is 2.31. The van der Waals surface area contributed by atoms with Gasteiger partial charge in [-0.2, -0.15) is 0 Å². The van der Waals surface area contributed by atoms with Crippen LogP contribution in [-0.2, 0) is 14.4 Å². The third-order valence-corrected chi connectivity index (χ3v) is 3.59. The quantitative estimate of drug-likeness (QED) is 0.636. The number of nitrogens with one attached hydrogen (secondary N) is 1. The largest absolute Gasteiger partial charge is 0.481 e. The van der Waals surface area contributed by atoms with E-state index in [1.807, 2.05) is 34.6 Å². The first-order valence-electron chi connectivity index (χ1n) is 8.31. The number of aliphatic carboxylic acids is 1. The number of carbonyl (C=O) groups excluding carboxylic acids is 2. The predicted molar refractivity (Wildman–Crippen MR) is 91.1 cm³/mol. The summed E-state index contributed by atoms with van der Waals surface area (Å²) in [5, 5.41) is 11.6. The van der Waals surface area contributed by atoms with Gasteiger partial charge in [0, 0.05) is 17.9 Å². The summed E-state index contributed by atoms with van der Waals surface area (Å²) in [6.45, 7) is 13.7. The number of carboxylic acids is 1. The highest BCUT2D eigenvalue weighted by Crippen LogP contribution is 2.33. The summed E-state index contributed by atoms with van der Waals surface area (Å²) in [7, 11) is 0. The molecule has 2 N–H and O–H groups in total. The summed E-state index contributed by atoms with van der Waals surface area (Å²) in [4.78, 5) is 35.5. The highest BCUT2D eigenvalue weighted by Gasteiger charge is 2.37. The van der Waals surface area contributed by atoms with Crippen LogP contribution in [0, 0.1) is 16.7 Å². The Kier molecular flexibility index (Phi) is 7.95. The van der Waals surface area contributed by atoms with Gasteiger partial charge in [0.1, 0.15) is 0 Å². The van der Waals surface area contributed by atoms with Gasteiger partial charge in [-0.1, -0.05) is 48.5 Å². The van der Waals surface area contributed by atoms with Crippen LogP contribution in [0.15, 0.2) is 0 Å². The van der Waals surface area contributed by atoms with Gasteiger partial charge in [0.15, 0.2) is 0 Å². The zero-order valence-electron chi connectivity index (χ0n) is 15.7. The molecule has 1 unspecified atom stereocenters. The van der Waals surface area contributed by atoms with Gasteiger partial charge < -0.3 is 10.4 Å². The molecule has 0 aromatic heterocycles. The summed E-state index contributed by atoms with van der Waals surface area (Å²) in [6.07, 6.45) is 1.59. The summed E-state index contributed by atoms with van der Waals surface area (Å²) < 4.78 is 0. The molecular weight excluding hydrogens is 294 g/mol. The minimum absolute atomic E-state index is 0.0166. The first-order valence-corrected chi connectivity index (χ1v) is 8.31. The Bertz CT molecular complexity index is 433. The second-order valence-corrected chi connectivity index (χ2v) is 8.68. The Hall–Kier alpha value is -1.39. The van der Waals surface area contributed by atoms with Crippen LogP contribution in [0.5, 0.6) is 0 Å². The minimum atomic E-state index is -0.896. The van der Waals surface area contributed by atoms with Crippen molar-refractivity contribution < 1.29 is 19.5 Å². The molecule has 0 saturated carbocycles. The topological polar surface area (TPSA) is 83.5 Å². The molecule has 0 aromatic rings. The van der Waals surface area contributed by atoms with Crippen LogP contribution < -0.4 is 5.32 Å². The maximum absolute atomic E-state index is 12.5. The van der Waals surface area contributed by atoms with E-state index in [9.17, 15) is 14.4 Å². The molecule has 0 bridgehead atoms. The number of Topliss-reactive ketones (excluding diaryl/α,β-unsaturated/α-hetero) is 1. The lowest BCUT2D eigenvalue weighted by Crippen LogP contribution is -2.46. The highest BCUT2D eigenvalue weighted by atomic mass is 16.4. The van der Waals surface area contributed by atoms with E-state index in [0.717, 1.165) is 0 Å². The van der Waals surface area contributed by atoms with Gasteiger partial charge in [-0.25, -0.2) is 0 Å². The lowest BCUT2D eigenvalue weighted by atomic mass is 9.73. The predicted octanol–water partition coefficient (Wildman–Crippen LogP) is 3.41. The molecule has 5 heteroatoms. The van der Waals surface area contributed by atoms with Crippen LogP contribution in [0.4, 0.5) is 0 Å². The fourth-order valence-electron chi connectivity index (χ4n) is 3.08. The second-order valence-electron chi connectivity index (χ2n) is 8.68. The van der Waals surface area contributed by atoms with E-state index in [4.69, 9.17) is 5.11 Å². The molecule has 0 aromatic carbocycles. The standard InChI is InChI=1S/C18H33NO4/c1-12(2)10-13(8-9-14(20)21)19-16(23)15(22)18(6,7)11-17(3,4)5/h12-13H,8-11H2,1-7H3,(H,19,23)(H,20,21). The zero-order chi connectivity index (χ0) is 18.4. The summed E-state index contributed by atoms with van der Waals surface area (Å²) in [5.74, 6) is -1.62. The maximum atomic E-state index is 12.5. The van der Waals surface area contributed by atoms with Crippen molar-refractivity contribution in [2.24, 2.45) is 16.7 Å². The molecule has 5 nitrogen and oxygen atoms in total. The minimum Gasteiger partial charge on any atom is -0.481 e. The molecule has 0 aliphatic carbocycles. The number of ketones is 1. The zero-order valence-corrected chi connectivity index (χ0v) is 15.7. The van der Waals surface area contributed by atoms with Gasteiger partial charge in [0.25, 0.3) is 5.91 Å². The third-order valence-electron chi connectivity index (χ3n) is 3.59.